The van der Waals surface area contributed by atoms with Gasteiger partial charge >= 0.3 is 0 Å². The van der Waals surface area contributed by atoms with E-state index in [0.29, 0.717) is 6.04 Å². The monoisotopic (exact) mass is 388 g/mol. The molecule has 1 amide bonds. The molecule has 7 heteroatoms. The van der Waals surface area contributed by atoms with Gasteiger partial charge in [0.15, 0.2) is 0 Å². The van der Waals surface area contributed by atoms with E-state index >= 15 is 0 Å². The van der Waals surface area contributed by atoms with Crippen LogP contribution < -0.4 is 15.5 Å². The van der Waals surface area contributed by atoms with Crippen molar-refractivity contribution in [2.75, 3.05) is 44.2 Å². The normalized spacial score (nSPS) is 20.8. The molecule has 0 aliphatic carbocycles. The highest BCUT2D eigenvalue weighted by Gasteiger charge is 2.20. The minimum absolute atomic E-state index is 0. The van der Waals surface area contributed by atoms with Crippen molar-refractivity contribution >= 4 is 36.4 Å². The molecule has 0 saturated carbocycles. The second-order valence-electron chi connectivity index (χ2n) is 6.83. The van der Waals surface area contributed by atoms with E-state index < -0.39 is 0 Å². The number of nitrogens with one attached hydrogen (secondary N) is 2. The SMILES string of the molecule is CC(C)N1CCN(c2ccc(C(=O)NC3CCNC3)cc2)CC1.Cl.Cl. The van der Waals surface area contributed by atoms with E-state index in [0.717, 1.165) is 51.3 Å². The first kappa shape index (κ1) is 22.0. The zero-order chi connectivity index (χ0) is 16.2. The molecular weight excluding hydrogens is 359 g/mol. The summed E-state index contributed by atoms with van der Waals surface area (Å²) in [6, 6.07) is 8.93. The van der Waals surface area contributed by atoms with E-state index in [-0.39, 0.29) is 36.8 Å². The molecular formula is C18H30Cl2N4O. The van der Waals surface area contributed by atoms with Crippen LogP contribution in [0.15, 0.2) is 24.3 Å². The Morgan fingerprint density at radius 2 is 1.76 bits per heavy atom. The Morgan fingerprint density at radius 3 is 2.28 bits per heavy atom. The van der Waals surface area contributed by atoms with Gasteiger partial charge in [0.1, 0.15) is 0 Å². The molecule has 2 aliphatic heterocycles. The molecule has 1 aromatic rings. The standard InChI is InChI=1S/C18H28N4O.2ClH/c1-14(2)21-9-11-22(12-10-21)17-5-3-15(4-6-17)18(23)20-16-7-8-19-13-16;;/h3-6,14,16,19H,7-13H2,1-2H3,(H,20,23);2*1H. The Hall–Kier alpha value is -1.01. The summed E-state index contributed by atoms with van der Waals surface area (Å²) in [4.78, 5) is 17.2. The number of piperazine rings is 1. The fraction of sp³-hybridized carbons (Fsp3) is 0.611. The average Bonchev–Trinajstić information content (AvgIpc) is 3.08. The Bertz CT molecular complexity index is 524. The Labute approximate surface area is 163 Å². The Kier molecular flexibility index (Phi) is 9.00. The van der Waals surface area contributed by atoms with Gasteiger partial charge in [0, 0.05) is 56.1 Å². The van der Waals surface area contributed by atoms with Gasteiger partial charge in [-0.1, -0.05) is 0 Å². The third kappa shape index (κ3) is 5.74. The van der Waals surface area contributed by atoms with Crippen LogP contribution in [-0.2, 0) is 0 Å². The molecule has 2 saturated heterocycles. The van der Waals surface area contributed by atoms with Crippen molar-refractivity contribution in [3.63, 3.8) is 0 Å². The van der Waals surface area contributed by atoms with Crippen molar-refractivity contribution in [2.45, 2.75) is 32.4 Å². The molecule has 0 radical (unpaired) electrons. The predicted octanol–water partition coefficient (Wildman–Crippen LogP) is 2.15. The Balaban J connectivity index is 0.00000156. The van der Waals surface area contributed by atoms with Crippen LogP contribution in [-0.4, -0.2) is 62.2 Å². The van der Waals surface area contributed by atoms with Crippen LogP contribution >= 0.6 is 24.8 Å². The highest BCUT2D eigenvalue weighted by Crippen LogP contribution is 2.18. The van der Waals surface area contributed by atoms with Crippen LogP contribution in [0.5, 0.6) is 0 Å². The average molecular weight is 389 g/mol. The third-order valence-electron chi connectivity index (χ3n) is 4.93. The maximum Gasteiger partial charge on any atom is 0.251 e. The summed E-state index contributed by atoms with van der Waals surface area (Å²) >= 11 is 0. The zero-order valence-corrected chi connectivity index (χ0v) is 16.7. The maximum absolute atomic E-state index is 12.2. The van der Waals surface area contributed by atoms with Gasteiger partial charge in [0.05, 0.1) is 0 Å². The molecule has 0 aromatic heterocycles. The third-order valence-corrected chi connectivity index (χ3v) is 4.93. The van der Waals surface area contributed by atoms with E-state index in [1.807, 2.05) is 12.1 Å². The number of hydrogen-bond donors (Lipinski definition) is 2. The molecule has 2 heterocycles. The first-order valence-electron chi connectivity index (χ1n) is 8.74. The first-order chi connectivity index (χ1) is 11.1. The highest BCUT2D eigenvalue weighted by atomic mass is 35.5. The highest BCUT2D eigenvalue weighted by molar-refractivity contribution is 5.94. The molecule has 0 bridgehead atoms. The maximum atomic E-state index is 12.2. The first-order valence-corrected chi connectivity index (χ1v) is 8.74. The summed E-state index contributed by atoms with van der Waals surface area (Å²) in [6.45, 7) is 10.7. The lowest BCUT2D eigenvalue weighted by molar-refractivity contribution is 0.0940. The van der Waals surface area contributed by atoms with E-state index in [1.54, 1.807) is 0 Å². The molecule has 2 N–H and O–H groups in total. The molecule has 3 rings (SSSR count). The number of carbonyl (C=O) groups excluding carboxylic acids is 1. The van der Waals surface area contributed by atoms with Gasteiger partial charge in [-0.15, -0.1) is 24.8 Å². The summed E-state index contributed by atoms with van der Waals surface area (Å²) in [6.07, 6.45) is 1.02. The lowest BCUT2D eigenvalue weighted by atomic mass is 10.1. The summed E-state index contributed by atoms with van der Waals surface area (Å²) in [5.74, 6) is 0.0369. The van der Waals surface area contributed by atoms with Gasteiger partial charge in [0.25, 0.3) is 5.91 Å². The summed E-state index contributed by atoms with van der Waals surface area (Å²) in [7, 11) is 0. The van der Waals surface area contributed by atoms with Crippen molar-refractivity contribution in [1.29, 1.82) is 0 Å². The van der Waals surface area contributed by atoms with Crippen LogP contribution in [0.3, 0.4) is 0 Å². The topological polar surface area (TPSA) is 47.6 Å². The minimum Gasteiger partial charge on any atom is -0.369 e. The fourth-order valence-corrected chi connectivity index (χ4v) is 3.37. The number of rotatable bonds is 4. The van der Waals surface area contributed by atoms with Crippen LogP contribution in [0.4, 0.5) is 5.69 Å². The van der Waals surface area contributed by atoms with Gasteiger partial charge in [0.2, 0.25) is 0 Å². The number of carbonyl (C=O) groups is 1. The largest absolute Gasteiger partial charge is 0.369 e. The van der Waals surface area contributed by atoms with Crippen molar-refractivity contribution in [2.24, 2.45) is 0 Å². The lowest BCUT2D eigenvalue weighted by Gasteiger charge is -2.38. The molecule has 2 fully saturated rings. The van der Waals surface area contributed by atoms with Gasteiger partial charge in [-0.3, -0.25) is 9.69 Å². The number of benzene rings is 1. The molecule has 0 spiro atoms. The fourth-order valence-electron chi connectivity index (χ4n) is 3.37. The van der Waals surface area contributed by atoms with Gasteiger partial charge in [-0.2, -0.15) is 0 Å². The summed E-state index contributed by atoms with van der Waals surface area (Å²) < 4.78 is 0. The van der Waals surface area contributed by atoms with E-state index in [4.69, 9.17) is 0 Å². The lowest BCUT2D eigenvalue weighted by Crippen LogP contribution is -2.48. The molecule has 5 nitrogen and oxygen atoms in total. The molecule has 1 atom stereocenters. The molecule has 1 unspecified atom stereocenters. The number of halogens is 2. The van der Waals surface area contributed by atoms with E-state index in [2.05, 4.69) is 46.4 Å². The van der Waals surface area contributed by atoms with Crippen LogP contribution in [0.1, 0.15) is 30.6 Å². The second kappa shape index (κ2) is 10.2. The van der Waals surface area contributed by atoms with E-state index in [1.165, 1.54) is 5.69 Å². The van der Waals surface area contributed by atoms with Crippen LogP contribution in [0.25, 0.3) is 0 Å². The minimum atomic E-state index is 0. The summed E-state index contributed by atoms with van der Waals surface area (Å²) in [5.41, 5.74) is 1.97. The van der Waals surface area contributed by atoms with Gasteiger partial charge in [-0.25, -0.2) is 0 Å². The number of hydrogen-bond acceptors (Lipinski definition) is 4. The van der Waals surface area contributed by atoms with E-state index in [9.17, 15) is 4.79 Å². The number of nitrogens with zero attached hydrogens (tertiary/aromatic N) is 2. The number of amides is 1. The van der Waals surface area contributed by atoms with Crippen LogP contribution in [0, 0.1) is 0 Å². The van der Waals surface area contributed by atoms with Crippen molar-refractivity contribution in [3.05, 3.63) is 29.8 Å². The molecule has 25 heavy (non-hydrogen) atoms. The van der Waals surface area contributed by atoms with Crippen molar-refractivity contribution in [3.8, 4) is 0 Å². The second-order valence-corrected chi connectivity index (χ2v) is 6.83. The van der Waals surface area contributed by atoms with Crippen molar-refractivity contribution in [1.82, 2.24) is 15.5 Å². The van der Waals surface area contributed by atoms with Gasteiger partial charge in [-0.05, 0) is 51.1 Å². The molecule has 142 valence electrons. The smallest absolute Gasteiger partial charge is 0.251 e. The summed E-state index contributed by atoms with van der Waals surface area (Å²) in [5, 5.41) is 6.36. The quantitative estimate of drug-likeness (QED) is 0.829. The van der Waals surface area contributed by atoms with Crippen LogP contribution in [0.2, 0.25) is 0 Å². The molecule has 1 aromatic carbocycles. The predicted molar refractivity (Wildman–Crippen MR) is 109 cm³/mol. The zero-order valence-electron chi connectivity index (χ0n) is 15.0. The number of anilines is 1. The van der Waals surface area contributed by atoms with Crippen molar-refractivity contribution < 1.29 is 4.79 Å². The Morgan fingerprint density at radius 1 is 1.12 bits per heavy atom. The van der Waals surface area contributed by atoms with Gasteiger partial charge < -0.3 is 15.5 Å². The molecule has 2 aliphatic rings.